The molecular formula is C15H17ClN2O2. The number of nitrogens with zero attached hydrogens (tertiary/aromatic N) is 2. The van der Waals surface area contributed by atoms with Crippen molar-refractivity contribution in [2.45, 2.75) is 26.3 Å². The SMILES string of the molecule is CCc1nn(CCCOc2ccccc2)c(Cl)c1C=O. The van der Waals surface area contributed by atoms with E-state index in [1.165, 1.54) is 0 Å². The van der Waals surface area contributed by atoms with Gasteiger partial charge in [-0.05, 0) is 18.6 Å². The number of rotatable bonds is 7. The number of hydrogen-bond acceptors (Lipinski definition) is 3. The zero-order chi connectivity index (χ0) is 14.4. The summed E-state index contributed by atoms with van der Waals surface area (Å²) < 4.78 is 7.27. The van der Waals surface area contributed by atoms with Crippen LogP contribution in [-0.4, -0.2) is 22.7 Å². The molecule has 0 amide bonds. The Balaban J connectivity index is 1.88. The van der Waals surface area contributed by atoms with Gasteiger partial charge in [-0.3, -0.25) is 9.48 Å². The summed E-state index contributed by atoms with van der Waals surface area (Å²) >= 11 is 6.13. The van der Waals surface area contributed by atoms with Crippen LogP contribution in [0.15, 0.2) is 30.3 Å². The van der Waals surface area contributed by atoms with E-state index in [2.05, 4.69) is 5.10 Å². The summed E-state index contributed by atoms with van der Waals surface area (Å²) in [6.07, 6.45) is 2.24. The van der Waals surface area contributed by atoms with Crippen molar-refractivity contribution in [2.24, 2.45) is 0 Å². The molecule has 1 aromatic carbocycles. The van der Waals surface area contributed by atoms with E-state index in [-0.39, 0.29) is 0 Å². The molecule has 106 valence electrons. The van der Waals surface area contributed by atoms with Crippen molar-refractivity contribution in [1.82, 2.24) is 9.78 Å². The molecule has 1 heterocycles. The average molecular weight is 293 g/mol. The van der Waals surface area contributed by atoms with Crippen LogP contribution in [0.3, 0.4) is 0 Å². The average Bonchev–Trinajstić information content (AvgIpc) is 2.80. The topological polar surface area (TPSA) is 44.1 Å². The first-order chi connectivity index (χ1) is 9.76. The molecule has 0 saturated heterocycles. The zero-order valence-corrected chi connectivity index (χ0v) is 12.1. The Labute approximate surface area is 123 Å². The second-order valence-corrected chi connectivity index (χ2v) is 4.72. The first kappa shape index (κ1) is 14.6. The van der Waals surface area contributed by atoms with Gasteiger partial charge >= 0.3 is 0 Å². The van der Waals surface area contributed by atoms with Gasteiger partial charge in [0.15, 0.2) is 6.29 Å². The van der Waals surface area contributed by atoms with Crippen molar-refractivity contribution in [1.29, 1.82) is 0 Å². The van der Waals surface area contributed by atoms with Crippen molar-refractivity contribution < 1.29 is 9.53 Å². The van der Waals surface area contributed by atoms with Gasteiger partial charge in [0.25, 0.3) is 0 Å². The van der Waals surface area contributed by atoms with Crippen molar-refractivity contribution in [3.63, 3.8) is 0 Å². The summed E-state index contributed by atoms with van der Waals surface area (Å²) in [4.78, 5) is 11.0. The smallest absolute Gasteiger partial charge is 0.155 e. The van der Waals surface area contributed by atoms with E-state index in [0.29, 0.717) is 30.3 Å². The summed E-state index contributed by atoms with van der Waals surface area (Å²) in [6.45, 7) is 3.17. The Kier molecular flexibility index (Phi) is 5.18. The molecule has 0 unspecified atom stereocenters. The molecule has 0 aliphatic rings. The van der Waals surface area contributed by atoms with E-state index in [1.807, 2.05) is 37.3 Å². The number of carbonyl (C=O) groups is 1. The monoisotopic (exact) mass is 292 g/mol. The lowest BCUT2D eigenvalue weighted by Crippen LogP contribution is -2.06. The standard InChI is InChI=1S/C15H17ClN2O2/c1-2-14-13(11-19)15(16)18(17-14)9-6-10-20-12-7-4-3-5-8-12/h3-5,7-8,11H,2,6,9-10H2,1H3. The second kappa shape index (κ2) is 7.10. The zero-order valence-electron chi connectivity index (χ0n) is 11.4. The molecule has 0 bridgehead atoms. The van der Waals surface area contributed by atoms with Crippen LogP contribution in [0.5, 0.6) is 5.75 Å². The number of carbonyl (C=O) groups excluding carboxylic acids is 1. The van der Waals surface area contributed by atoms with Crippen LogP contribution in [-0.2, 0) is 13.0 Å². The Morgan fingerprint density at radius 3 is 2.70 bits per heavy atom. The molecule has 0 radical (unpaired) electrons. The highest BCUT2D eigenvalue weighted by atomic mass is 35.5. The minimum Gasteiger partial charge on any atom is -0.494 e. The third-order valence-corrected chi connectivity index (χ3v) is 3.38. The maximum Gasteiger partial charge on any atom is 0.155 e. The van der Waals surface area contributed by atoms with Gasteiger partial charge in [0, 0.05) is 13.0 Å². The number of hydrogen-bond donors (Lipinski definition) is 0. The predicted octanol–water partition coefficient (Wildman–Crippen LogP) is 3.38. The van der Waals surface area contributed by atoms with E-state index >= 15 is 0 Å². The van der Waals surface area contributed by atoms with Crippen LogP contribution in [0, 0.1) is 0 Å². The normalized spacial score (nSPS) is 10.5. The first-order valence-electron chi connectivity index (χ1n) is 6.64. The van der Waals surface area contributed by atoms with E-state index in [0.717, 1.165) is 24.2 Å². The van der Waals surface area contributed by atoms with Gasteiger partial charge in [-0.25, -0.2) is 0 Å². The molecule has 4 nitrogen and oxygen atoms in total. The Morgan fingerprint density at radius 1 is 1.35 bits per heavy atom. The molecule has 2 rings (SSSR count). The van der Waals surface area contributed by atoms with Crippen LogP contribution in [0.2, 0.25) is 5.15 Å². The molecule has 0 aliphatic heterocycles. The quantitative estimate of drug-likeness (QED) is 0.580. The number of aromatic nitrogens is 2. The third kappa shape index (κ3) is 3.39. The number of benzene rings is 1. The molecule has 0 saturated carbocycles. The van der Waals surface area contributed by atoms with Gasteiger partial charge in [0.2, 0.25) is 0 Å². The fourth-order valence-corrected chi connectivity index (χ4v) is 2.22. The maximum absolute atomic E-state index is 11.0. The number of halogens is 1. The minimum absolute atomic E-state index is 0.413. The molecular weight excluding hydrogens is 276 g/mol. The highest BCUT2D eigenvalue weighted by Gasteiger charge is 2.13. The van der Waals surface area contributed by atoms with Crippen molar-refractivity contribution in [3.05, 3.63) is 46.7 Å². The number of para-hydroxylation sites is 1. The highest BCUT2D eigenvalue weighted by Crippen LogP contribution is 2.19. The third-order valence-electron chi connectivity index (χ3n) is 2.98. The molecule has 20 heavy (non-hydrogen) atoms. The fraction of sp³-hybridized carbons (Fsp3) is 0.333. The van der Waals surface area contributed by atoms with Crippen molar-refractivity contribution in [3.8, 4) is 5.75 Å². The first-order valence-corrected chi connectivity index (χ1v) is 7.02. The van der Waals surface area contributed by atoms with Crippen LogP contribution in [0.25, 0.3) is 0 Å². The second-order valence-electron chi connectivity index (χ2n) is 4.36. The lowest BCUT2D eigenvalue weighted by molar-refractivity contribution is 0.112. The highest BCUT2D eigenvalue weighted by molar-refractivity contribution is 6.32. The number of ether oxygens (including phenoxy) is 1. The Bertz CT molecular complexity index is 567. The van der Waals surface area contributed by atoms with Crippen LogP contribution in [0.1, 0.15) is 29.4 Å². The summed E-state index contributed by atoms with van der Waals surface area (Å²) in [5, 5.41) is 4.76. The van der Waals surface area contributed by atoms with E-state index in [1.54, 1.807) is 4.68 Å². The lowest BCUT2D eigenvalue weighted by atomic mass is 10.2. The summed E-state index contributed by atoms with van der Waals surface area (Å²) in [7, 11) is 0. The fourth-order valence-electron chi connectivity index (χ4n) is 1.95. The van der Waals surface area contributed by atoms with Gasteiger partial charge in [-0.1, -0.05) is 36.7 Å². The molecule has 1 aromatic heterocycles. The van der Waals surface area contributed by atoms with Gasteiger partial charge in [0.05, 0.1) is 17.9 Å². The predicted molar refractivity (Wildman–Crippen MR) is 78.6 cm³/mol. The minimum atomic E-state index is 0.413. The van der Waals surface area contributed by atoms with E-state index in [9.17, 15) is 4.79 Å². The Hall–Kier alpha value is -1.81. The molecule has 0 aliphatic carbocycles. The van der Waals surface area contributed by atoms with E-state index < -0.39 is 0 Å². The van der Waals surface area contributed by atoms with Crippen LogP contribution >= 0.6 is 11.6 Å². The molecule has 2 aromatic rings. The van der Waals surface area contributed by atoms with Crippen molar-refractivity contribution in [2.75, 3.05) is 6.61 Å². The van der Waals surface area contributed by atoms with Crippen LogP contribution in [0.4, 0.5) is 0 Å². The summed E-state index contributed by atoms with van der Waals surface area (Å²) in [5.74, 6) is 0.849. The van der Waals surface area contributed by atoms with Gasteiger partial charge < -0.3 is 4.74 Å². The largest absolute Gasteiger partial charge is 0.494 e. The van der Waals surface area contributed by atoms with Crippen LogP contribution < -0.4 is 4.74 Å². The van der Waals surface area contributed by atoms with E-state index in [4.69, 9.17) is 16.3 Å². The Morgan fingerprint density at radius 2 is 2.10 bits per heavy atom. The van der Waals surface area contributed by atoms with Gasteiger partial charge in [0.1, 0.15) is 10.9 Å². The molecule has 0 fully saturated rings. The van der Waals surface area contributed by atoms with Crippen molar-refractivity contribution >= 4 is 17.9 Å². The number of aryl methyl sites for hydroxylation is 2. The summed E-state index contributed by atoms with van der Waals surface area (Å²) in [6, 6.07) is 9.65. The number of aldehydes is 1. The molecule has 0 atom stereocenters. The molecule has 5 heteroatoms. The van der Waals surface area contributed by atoms with Gasteiger partial charge in [-0.15, -0.1) is 0 Å². The molecule has 0 N–H and O–H groups in total. The van der Waals surface area contributed by atoms with Gasteiger partial charge in [-0.2, -0.15) is 5.10 Å². The maximum atomic E-state index is 11.0. The molecule has 0 spiro atoms. The lowest BCUT2D eigenvalue weighted by Gasteiger charge is -2.06. The summed E-state index contributed by atoms with van der Waals surface area (Å²) in [5.41, 5.74) is 1.24.